The first-order chi connectivity index (χ1) is 14.1. The fourth-order valence-electron chi connectivity index (χ4n) is 3.83. The number of anilines is 1. The van der Waals surface area contributed by atoms with Crippen LogP contribution in [0, 0.1) is 10.8 Å². The van der Waals surface area contributed by atoms with Crippen molar-refractivity contribution in [3.05, 3.63) is 42.2 Å². The summed E-state index contributed by atoms with van der Waals surface area (Å²) >= 11 is 0. The number of Topliss-reactive ketones (excluding diaryl/α,β-unsaturated/α-hetero) is 1. The quantitative estimate of drug-likeness (QED) is 0.632. The molecule has 7 heteroatoms. The van der Waals surface area contributed by atoms with E-state index in [0.717, 1.165) is 11.3 Å². The number of carboxylic acid groups (broad SMARTS) is 1. The average molecular weight is 406 g/mol. The highest BCUT2D eigenvalue weighted by atomic mass is 16.4. The molecule has 4 rings (SSSR count). The van der Waals surface area contributed by atoms with Gasteiger partial charge in [0.2, 0.25) is 0 Å². The fraction of sp³-hybridized carbons (Fsp3) is 0.391. The van der Waals surface area contributed by atoms with E-state index < -0.39 is 16.8 Å². The number of aliphatic carboxylic acids is 1. The van der Waals surface area contributed by atoms with Gasteiger partial charge in [-0.05, 0) is 25.5 Å². The Bertz CT molecular complexity index is 1140. The molecule has 7 nitrogen and oxygen atoms in total. The summed E-state index contributed by atoms with van der Waals surface area (Å²) in [5, 5.41) is 9.50. The highest BCUT2D eigenvalue weighted by Crippen LogP contribution is 2.35. The van der Waals surface area contributed by atoms with Crippen molar-refractivity contribution in [2.45, 2.75) is 34.1 Å². The maximum absolute atomic E-state index is 12.8. The van der Waals surface area contributed by atoms with Crippen LogP contribution in [-0.4, -0.2) is 44.9 Å². The maximum Gasteiger partial charge on any atom is 0.311 e. The smallest absolute Gasteiger partial charge is 0.311 e. The zero-order valence-electron chi connectivity index (χ0n) is 17.7. The molecule has 0 saturated carbocycles. The van der Waals surface area contributed by atoms with Crippen molar-refractivity contribution in [1.82, 2.24) is 15.0 Å². The Balaban J connectivity index is 1.69. The van der Waals surface area contributed by atoms with Crippen molar-refractivity contribution in [2.75, 3.05) is 18.0 Å². The summed E-state index contributed by atoms with van der Waals surface area (Å²) < 4.78 is 0. The number of aromatic amines is 1. The predicted octanol–water partition coefficient (Wildman–Crippen LogP) is 4.15. The van der Waals surface area contributed by atoms with E-state index in [1.165, 1.54) is 0 Å². The van der Waals surface area contributed by atoms with Gasteiger partial charge in [0.1, 0.15) is 5.52 Å². The number of benzene rings is 1. The number of nitrogens with one attached hydrogen (secondary N) is 1. The molecule has 1 unspecified atom stereocenters. The molecule has 3 heterocycles. The lowest BCUT2D eigenvalue weighted by atomic mass is 9.87. The minimum Gasteiger partial charge on any atom is -0.481 e. The van der Waals surface area contributed by atoms with Gasteiger partial charge in [-0.15, -0.1) is 0 Å². The summed E-state index contributed by atoms with van der Waals surface area (Å²) in [7, 11) is 0. The van der Waals surface area contributed by atoms with Crippen molar-refractivity contribution >= 4 is 28.6 Å². The van der Waals surface area contributed by atoms with Crippen LogP contribution in [0.5, 0.6) is 0 Å². The number of ketones is 1. The van der Waals surface area contributed by atoms with Crippen LogP contribution in [0.15, 0.2) is 36.7 Å². The molecule has 2 aromatic heterocycles. The van der Waals surface area contributed by atoms with Crippen LogP contribution in [0.3, 0.4) is 0 Å². The monoisotopic (exact) mass is 406 g/mol. The van der Waals surface area contributed by atoms with Gasteiger partial charge >= 0.3 is 5.97 Å². The lowest BCUT2D eigenvalue weighted by Crippen LogP contribution is -2.31. The Hall–Kier alpha value is -3.22. The van der Waals surface area contributed by atoms with Gasteiger partial charge in [-0.25, -0.2) is 9.97 Å². The first-order valence-electron chi connectivity index (χ1n) is 10.1. The Kier molecular flexibility index (Phi) is 4.64. The number of carbonyl (C=O) groups excluding carboxylic acids is 1. The molecule has 156 valence electrons. The van der Waals surface area contributed by atoms with Gasteiger partial charge in [-0.2, -0.15) is 0 Å². The summed E-state index contributed by atoms with van der Waals surface area (Å²) in [4.78, 5) is 38.7. The number of aromatic nitrogens is 3. The van der Waals surface area contributed by atoms with E-state index in [2.05, 4.69) is 14.9 Å². The van der Waals surface area contributed by atoms with E-state index in [4.69, 9.17) is 4.98 Å². The molecule has 1 aliphatic heterocycles. The van der Waals surface area contributed by atoms with Gasteiger partial charge in [-0.1, -0.05) is 32.9 Å². The van der Waals surface area contributed by atoms with Gasteiger partial charge in [0.15, 0.2) is 11.4 Å². The topological polar surface area (TPSA) is 99.2 Å². The number of hydrogen-bond acceptors (Lipinski definition) is 5. The SMILES string of the molecule is CC(C)(C)C(=O)c1c[nH]c2ncc(-c3cccc(N4CCC(C)(C(=O)O)C4)c3)nc12. The van der Waals surface area contributed by atoms with Gasteiger partial charge in [0.05, 0.1) is 22.9 Å². The Morgan fingerprint density at radius 1 is 1.27 bits per heavy atom. The number of hydrogen-bond donors (Lipinski definition) is 2. The molecule has 30 heavy (non-hydrogen) atoms. The van der Waals surface area contributed by atoms with E-state index in [9.17, 15) is 14.7 Å². The van der Waals surface area contributed by atoms with Crippen molar-refractivity contribution in [1.29, 1.82) is 0 Å². The van der Waals surface area contributed by atoms with Crippen LogP contribution in [-0.2, 0) is 4.79 Å². The molecule has 0 aliphatic carbocycles. The number of carbonyl (C=O) groups is 2. The molecule has 1 fully saturated rings. The highest BCUT2D eigenvalue weighted by Gasteiger charge is 2.40. The molecule has 0 bridgehead atoms. The largest absolute Gasteiger partial charge is 0.481 e. The molecule has 1 aromatic carbocycles. The molecular weight excluding hydrogens is 380 g/mol. The van der Waals surface area contributed by atoms with E-state index in [1.807, 2.05) is 45.0 Å². The number of rotatable bonds is 4. The van der Waals surface area contributed by atoms with Crippen LogP contribution in [0.2, 0.25) is 0 Å². The molecule has 1 aliphatic rings. The Morgan fingerprint density at radius 2 is 2.03 bits per heavy atom. The van der Waals surface area contributed by atoms with Crippen molar-refractivity contribution < 1.29 is 14.7 Å². The van der Waals surface area contributed by atoms with Crippen LogP contribution in [0.1, 0.15) is 44.5 Å². The van der Waals surface area contributed by atoms with Crippen LogP contribution in [0.4, 0.5) is 5.69 Å². The standard InChI is InChI=1S/C23H26N4O3/c1-22(2,3)19(28)16-11-24-20-18(16)26-17(12-25-20)14-6-5-7-15(10-14)27-9-8-23(4,13-27)21(29)30/h5-7,10-12H,8-9,13H2,1-4H3,(H,24,25)(H,29,30). The number of H-pyrrole nitrogens is 1. The summed E-state index contributed by atoms with van der Waals surface area (Å²) in [6, 6.07) is 7.87. The van der Waals surface area contributed by atoms with Crippen LogP contribution < -0.4 is 4.90 Å². The fourth-order valence-corrected chi connectivity index (χ4v) is 3.83. The van der Waals surface area contributed by atoms with E-state index in [0.29, 0.717) is 41.9 Å². The zero-order chi connectivity index (χ0) is 21.7. The minimum absolute atomic E-state index is 0.0129. The van der Waals surface area contributed by atoms with Crippen molar-refractivity contribution in [2.24, 2.45) is 10.8 Å². The van der Waals surface area contributed by atoms with Crippen LogP contribution in [0.25, 0.3) is 22.4 Å². The first-order valence-corrected chi connectivity index (χ1v) is 10.1. The molecule has 2 N–H and O–H groups in total. The summed E-state index contributed by atoms with van der Waals surface area (Å²) in [6.45, 7) is 8.61. The Labute approximate surface area is 175 Å². The lowest BCUT2D eigenvalue weighted by Gasteiger charge is -2.22. The maximum atomic E-state index is 12.8. The average Bonchev–Trinajstić information content (AvgIpc) is 3.31. The zero-order valence-corrected chi connectivity index (χ0v) is 17.7. The molecular formula is C23H26N4O3. The number of nitrogens with zero attached hydrogens (tertiary/aromatic N) is 3. The lowest BCUT2D eigenvalue weighted by molar-refractivity contribution is -0.146. The second-order valence-electron chi connectivity index (χ2n) is 9.32. The van der Waals surface area contributed by atoms with Crippen molar-refractivity contribution in [3.63, 3.8) is 0 Å². The second-order valence-corrected chi connectivity index (χ2v) is 9.32. The predicted molar refractivity (Wildman–Crippen MR) is 116 cm³/mol. The third-order valence-electron chi connectivity index (χ3n) is 5.80. The number of carboxylic acids is 1. The van der Waals surface area contributed by atoms with Crippen LogP contribution >= 0.6 is 0 Å². The van der Waals surface area contributed by atoms with Gasteiger partial charge in [-0.3, -0.25) is 9.59 Å². The van der Waals surface area contributed by atoms with Gasteiger partial charge < -0.3 is 15.0 Å². The molecule has 0 amide bonds. The summed E-state index contributed by atoms with van der Waals surface area (Å²) in [6.07, 6.45) is 3.98. The van der Waals surface area contributed by atoms with E-state index in [1.54, 1.807) is 19.3 Å². The summed E-state index contributed by atoms with van der Waals surface area (Å²) in [5.74, 6) is -0.750. The number of fused-ring (bicyclic) bond motifs is 1. The normalized spacial score (nSPS) is 19.4. The molecule has 1 atom stereocenters. The summed E-state index contributed by atoms with van der Waals surface area (Å²) in [5.41, 5.74) is 2.95. The Morgan fingerprint density at radius 3 is 2.70 bits per heavy atom. The molecule has 3 aromatic rings. The third-order valence-corrected chi connectivity index (χ3v) is 5.80. The highest BCUT2D eigenvalue weighted by molar-refractivity contribution is 6.08. The molecule has 0 spiro atoms. The third kappa shape index (κ3) is 3.44. The van der Waals surface area contributed by atoms with Gasteiger partial charge in [0, 0.05) is 36.0 Å². The molecule has 0 radical (unpaired) electrons. The van der Waals surface area contributed by atoms with E-state index >= 15 is 0 Å². The first kappa shape index (κ1) is 20.1. The minimum atomic E-state index is -0.763. The van der Waals surface area contributed by atoms with Gasteiger partial charge in [0.25, 0.3) is 0 Å². The van der Waals surface area contributed by atoms with E-state index in [-0.39, 0.29) is 5.78 Å². The second kappa shape index (κ2) is 6.93. The van der Waals surface area contributed by atoms with Crippen molar-refractivity contribution in [3.8, 4) is 11.3 Å². The molecule has 1 saturated heterocycles.